The molecule has 2 aromatic carbocycles. The average molecular weight is 367 g/mol. The highest BCUT2D eigenvalue weighted by molar-refractivity contribution is 5.89. The van der Waals surface area contributed by atoms with Crippen LogP contribution in [-0.4, -0.2) is 36.7 Å². The van der Waals surface area contributed by atoms with Gasteiger partial charge in [-0.15, -0.1) is 0 Å². The Hall–Kier alpha value is -2.66. The van der Waals surface area contributed by atoms with Gasteiger partial charge in [-0.05, 0) is 36.5 Å². The Balaban J connectivity index is 1.61. The zero-order valence-corrected chi connectivity index (χ0v) is 15.3. The minimum atomic E-state index is -0.962. The Morgan fingerprint density at radius 3 is 2.37 bits per heavy atom. The first-order chi connectivity index (χ1) is 13.1. The third-order valence-corrected chi connectivity index (χ3v) is 5.33. The van der Waals surface area contributed by atoms with Crippen molar-refractivity contribution in [3.63, 3.8) is 0 Å². The van der Waals surface area contributed by atoms with Gasteiger partial charge in [0.05, 0.1) is 5.56 Å². The van der Waals surface area contributed by atoms with Crippen LogP contribution in [0.4, 0.5) is 0 Å². The number of nitrogens with one attached hydrogen (secondary N) is 1. The number of carboxylic acid groups (broad SMARTS) is 1. The van der Waals surface area contributed by atoms with Crippen molar-refractivity contribution in [2.45, 2.75) is 31.1 Å². The van der Waals surface area contributed by atoms with Crippen LogP contribution in [0.2, 0.25) is 0 Å². The predicted octanol–water partition coefficient (Wildman–Crippen LogP) is 3.18. The van der Waals surface area contributed by atoms with Gasteiger partial charge in [0.2, 0.25) is 5.91 Å². The molecule has 0 radical (unpaired) electrons. The van der Waals surface area contributed by atoms with Crippen molar-refractivity contribution in [3.8, 4) is 0 Å². The molecule has 0 aliphatic carbocycles. The quantitative estimate of drug-likeness (QED) is 0.788. The molecule has 1 aliphatic heterocycles. The SMILES string of the molecule is O=C(CCc1ccccc1C(=O)O)NCC1(c2ccccc2)CCOCC1. The third-order valence-electron chi connectivity index (χ3n) is 5.33. The van der Waals surface area contributed by atoms with E-state index in [9.17, 15) is 14.7 Å². The normalized spacial score (nSPS) is 15.9. The molecule has 1 fully saturated rings. The fraction of sp³-hybridized carbons (Fsp3) is 0.364. The molecule has 3 rings (SSSR count). The molecule has 1 aliphatic rings. The van der Waals surface area contributed by atoms with Crippen LogP contribution in [0.5, 0.6) is 0 Å². The highest BCUT2D eigenvalue weighted by atomic mass is 16.5. The van der Waals surface area contributed by atoms with Crippen LogP contribution in [0.25, 0.3) is 0 Å². The molecule has 0 unspecified atom stereocenters. The average Bonchev–Trinajstić information content (AvgIpc) is 2.72. The molecule has 0 spiro atoms. The Morgan fingerprint density at radius 2 is 1.67 bits per heavy atom. The molecule has 142 valence electrons. The van der Waals surface area contributed by atoms with Gasteiger partial charge in [0, 0.05) is 31.6 Å². The number of rotatable bonds is 7. The smallest absolute Gasteiger partial charge is 0.335 e. The first-order valence-corrected chi connectivity index (χ1v) is 9.32. The summed E-state index contributed by atoms with van der Waals surface area (Å²) in [6.45, 7) is 1.95. The fourth-order valence-corrected chi connectivity index (χ4v) is 3.67. The second kappa shape index (κ2) is 8.82. The third kappa shape index (κ3) is 4.74. The van der Waals surface area contributed by atoms with Crippen molar-refractivity contribution in [3.05, 3.63) is 71.3 Å². The van der Waals surface area contributed by atoms with E-state index in [0.29, 0.717) is 31.7 Å². The van der Waals surface area contributed by atoms with Crippen LogP contribution >= 0.6 is 0 Å². The zero-order chi connectivity index (χ0) is 19.1. The number of aryl methyl sites for hydroxylation is 1. The summed E-state index contributed by atoms with van der Waals surface area (Å²) < 4.78 is 5.53. The first-order valence-electron chi connectivity index (χ1n) is 9.32. The van der Waals surface area contributed by atoms with Crippen LogP contribution in [0.1, 0.15) is 40.7 Å². The molecule has 1 amide bonds. The number of hydrogen-bond donors (Lipinski definition) is 2. The van der Waals surface area contributed by atoms with Gasteiger partial charge in [0.15, 0.2) is 0 Å². The van der Waals surface area contributed by atoms with Gasteiger partial charge in [-0.2, -0.15) is 0 Å². The minimum Gasteiger partial charge on any atom is -0.478 e. The second-order valence-electron chi connectivity index (χ2n) is 7.00. The summed E-state index contributed by atoms with van der Waals surface area (Å²) in [4.78, 5) is 23.7. The van der Waals surface area contributed by atoms with E-state index in [1.165, 1.54) is 5.56 Å². The van der Waals surface area contributed by atoms with Crippen LogP contribution in [0, 0.1) is 0 Å². The van der Waals surface area contributed by atoms with E-state index in [-0.39, 0.29) is 23.3 Å². The number of benzene rings is 2. The number of amides is 1. The summed E-state index contributed by atoms with van der Waals surface area (Å²) in [5.74, 6) is -1.02. The Morgan fingerprint density at radius 1 is 1.00 bits per heavy atom. The lowest BCUT2D eigenvalue weighted by molar-refractivity contribution is -0.121. The summed E-state index contributed by atoms with van der Waals surface area (Å²) >= 11 is 0. The number of hydrogen-bond acceptors (Lipinski definition) is 3. The van der Waals surface area contributed by atoms with E-state index in [1.54, 1.807) is 24.3 Å². The van der Waals surface area contributed by atoms with Crippen molar-refractivity contribution in [2.75, 3.05) is 19.8 Å². The number of carbonyl (C=O) groups excluding carboxylic acids is 1. The van der Waals surface area contributed by atoms with Crippen molar-refractivity contribution in [2.24, 2.45) is 0 Å². The monoisotopic (exact) mass is 367 g/mol. The van der Waals surface area contributed by atoms with Crippen LogP contribution in [-0.2, 0) is 21.4 Å². The molecular formula is C22H25NO4. The molecule has 27 heavy (non-hydrogen) atoms. The van der Waals surface area contributed by atoms with Crippen molar-refractivity contribution < 1.29 is 19.4 Å². The molecule has 0 atom stereocenters. The van der Waals surface area contributed by atoms with Gasteiger partial charge in [0.1, 0.15) is 0 Å². The lowest BCUT2D eigenvalue weighted by Crippen LogP contribution is -2.44. The Bertz CT molecular complexity index is 782. The maximum absolute atomic E-state index is 12.4. The number of ether oxygens (including phenoxy) is 1. The molecule has 5 heteroatoms. The van der Waals surface area contributed by atoms with Gasteiger partial charge in [-0.3, -0.25) is 4.79 Å². The topological polar surface area (TPSA) is 75.6 Å². The molecule has 2 aromatic rings. The van der Waals surface area contributed by atoms with E-state index in [4.69, 9.17) is 4.74 Å². The maximum Gasteiger partial charge on any atom is 0.335 e. The second-order valence-corrected chi connectivity index (χ2v) is 7.00. The molecule has 1 heterocycles. The Labute approximate surface area is 159 Å². The van der Waals surface area contributed by atoms with E-state index < -0.39 is 5.97 Å². The van der Waals surface area contributed by atoms with Gasteiger partial charge in [0.25, 0.3) is 0 Å². The predicted molar refractivity (Wildman–Crippen MR) is 103 cm³/mol. The van der Waals surface area contributed by atoms with Gasteiger partial charge in [-0.25, -0.2) is 4.79 Å². The van der Waals surface area contributed by atoms with Crippen LogP contribution in [0.15, 0.2) is 54.6 Å². The molecule has 0 saturated carbocycles. The molecule has 1 saturated heterocycles. The van der Waals surface area contributed by atoms with Crippen molar-refractivity contribution in [1.29, 1.82) is 0 Å². The summed E-state index contributed by atoms with van der Waals surface area (Å²) in [5, 5.41) is 12.3. The number of aromatic carboxylic acids is 1. The molecule has 5 nitrogen and oxygen atoms in total. The number of carbonyl (C=O) groups is 2. The summed E-state index contributed by atoms with van der Waals surface area (Å²) in [6.07, 6.45) is 2.43. The summed E-state index contributed by atoms with van der Waals surface area (Å²) in [6, 6.07) is 17.1. The van der Waals surface area contributed by atoms with E-state index in [1.807, 2.05) is 18.2 Å². The first kappa shape index (κ1) is 19.1. The van der Waals surface area contributed by atoms with Crippen LogP contribution < -0.4 is 5.32 Å². The highest BCUT2D eigenvalue weighted by Crippen LogP contribution is 2.34. The van der Waals surface area contributed by atoms with Gasteiger partial charge >= 0.3 is 5.97 Å². The molecular weight excluding hydrogens is 342 g/mol. The van der Waals surface area contributed by atoms with Gasteiger partial charge < -0.3 is 15.2 Å². The summed E-state index contributed by atoms with van der Waals surface area (Å²) in [5.41, 5.74) is 2.07. The lowest BCUT2D eigenvalue weighted by Gasteiger charge is -2.38. The molecule has 0 bridgehead atoms. The van der Waals surface area contributed by atoms with Gasteiger partial charge in [-0.1, -0.05) is 48.5 Å². The van der Waals surface area contributed by atoms with E-state index >= 15 is 0 Å². The minimum absolute atomic E-state index is 0.0583. The van der Waals surface area contributed by atoms with E-state index in [0.717, 1.165) is 12.8 Å². The molecule has 2 N–H and O–H groups in total. The summed E-state index contributed by atoms with van der Waals surface area (Å²) in [7, 11) is 0. The highest BCUT2D eigenvalue weighted by Gasteiger charge is 2.34. The van der Waals surface area contributed by atoms with Crippen molar-refractivity contribution in [1.82, 2.24) is 5.32 Å². The van der Waals surface area contributed by atoms with Crippen LogP contribution in [0.3, 0.4) is 0 Å². The largest absolute Gasteiger partial charge is 0.478 e. The lowest BCUT2D eigenvalue weighted by atomic mass is 9.74. The maximum atomic E-state index is 12.4. The van der Waals surface area contributed by atoms with E-state index in [2.05, 4.69) is 17.4 Å². The van der Waals surface area contributed by atoms with Crippen molar-refractivity contribution >= 4 is 11.9 Å². The zero-order valence-electron chi connectivity index (χ0n) is 15.3. The standard InChI is InChI=1S/C22H25NO4/c24-20(11-10-17-6-4-5-9-19(17)21(25)26)23-16-22(12-14-27-15-13-22)18-7-2-1-3-8-18/h1-9H,10-16H2,(H,23,24)(H,25,26). The molecule has 0 aromatic heterocycles. The fourth-order valence-electron chi connectivity index (χ4n) is 3.67. The number of carboxylic acids is 1. The Kier molecular flexibility index (Phi) is 6.24.